The first-order valence-corrected chi connectivity index (χ1v) is 8.37. The summed E-state index contributed by atoms with van der Waals surface area (Å²) in [6.07, 6.45) is 0.111. The van der Waals surface area contributed by atoms with Gasteiger partial charge in [-0.3, -0.25) is 0 Å². The molecule has 132 valence electrons. The zero-order valence-corrected chi connectivity index (χ0v) is 15.4. The van der Waals surface area contributed by atoms with Gasteiger partial charge in [-0.1, -0.05) is 27.7 Å². The van der Waals surface area contributed by atoms with Crippen LogP contribution in [0.15, 0.2) is 0 Å². The van der Waals surface area contributed by atoms with Gasteiger partial charge >= 0.3 is 6.09 Å². The smallest absolute Gasteiger partial charge is 0.407 e. The molecule has 0 aromatic carbocycles. The van der Waals surface area contributed by atoms with Gasteiger partial charge in [-0.2, -0.15) is 0 Å². The van der Waals surface area contributed by atoms with E-state index in [1.807, 2.05) is 20.8 Å². The summed E-state index contributed by atoms with van der Waals surface area (Å²) in [5.74, 6) is 1.23. The topological polar surface area (TPSA) is 70.6 Å². The van der Waals surface area contributed by atoms with Crippen LogP contribution in [0.1, 0.15) is 54.9 Å². The molecule has 0 radical (unpaired) electrons. The summed E-state index contributed by atoms with van der Waals surface area (Å²) >= 11 is 0. The summed E-state index contributed by atoms with van der Waals surface area (Å²) in [6.45, 7) is 16.0. The molecule has 5 nitrogen and oxygen atoms in total. The molecule has 1 amide bonds. The van der Waals surface area contributed by atoms with E-state index in [0.717, 1.165) is 13.0 Å². The molecular weight excluding hydrogens is 280 g/mol. The number of amides is 1. The molecule has 0 bridgehead atoms. The predicted molar refractivity (Wildman–Crippen MR) is 90.9 cm³/mol. The molecule has 0 aromatic rings. The predicted octanol–water partition coefficient (Wildman–Crippen LogP) is 2.78. The van der Waals surface area contributed by atoms with E-state index in [4.69, 9.17) is 4.74 Å². The highest BCUT2D eigenvalue weighted by molar-refractivity contribution is 5.67. The number of rotatable bonds is 9. The molecule has 5 heteroatoms. The summed E-state index contributed by atoms with van der Waals surface area (Å²) in [4.78, 5) is 11.7. The molecule has 2 unspecified atom stereocenters. The molecule has 0 saturated carbocycles. The third-order valence-electron chi connectivity index (χ3n) is 3.38. The molecule has 3 N–H and O–H groups in total. The fraction of sp³-hybridized carbons (Fsp3) is 0.941. The van der Waals surface area contributed by atoms with Crippen molar-refractivity contribution in [1.29, 1.82) is 0 Å². The van der Waals surface area contributed by atoms with Gasteiger partial charge in [0.2, 0.25) is 0 Å². The van der Waals surface area contributed by atoms with E-state index in [1.165, 1.54) is 0 Å². The highest BCUT2D eigenvalue weighted by Gasteiger charge is 2.19. The van der Waals surface area contributed by atoms with Crippen molar-refractivity contribution in [3.8, 4) is 0 Å². The lowest BCUT2D eigenvalue weighted by Gasteiger charge is -2.25. The summed E-state index contributed by atoms with van der Waals surface area (Å²) in [6, 6.07) is 0. The van der Waals surface area contributed by atoms with Crippen LogP contribution in [0.5, 0.6) is 0 Å². The van der Waals surface area contributed by atoms with Crippen molar-refractivity contribution in [3.63, 3.8) is 0 Å². The SMILES string of the molecule is CC(C)CC(O)CNCC(CNC(=O)OC(C)(C)C)C(C)C. The van der Waals surface area contributed by atoms with Crippen LogP contribution < -0.4 is 10.6 Å². The van der Waals surface area contributed by atoms with E-state index in [2.05, 4.69) is 38.3 Å². The van der Waals surface area contributed by atoms with E-state index in [-0.39, 0.29) is 12.2 Å². The van der Waals surface area contributed by atoms with Crippen LogP contribution in [0.2, 0.25) is 0 Å². The Bertz CT molecular complexity index is 312. The van der Waals surface area contributed by atoms with E-state index >= 15 is 0 Å². The van der Waals surface area contributed by atoms with Crippen LogP contribution >= 0.6 is 0 Å². The Morgan fingerprint density at radius 1 is 1.09 bits per heavy atom. The second kappa shape index (κ2) is 10.1. The molecule has 0 fully saturated rings. The molecule has 0 aliphatic carbocycles. The molecule has 0 aliphatic rings. The quantitative estimate of drug-likeness (QED) is 0.612. The van der Waals surface area contributed by atoms with Crippen molar-refractivity contribution in [2.75, 3.05) is 19.6 Å². The normalized spacial score (nSPS) is 15.0. The van der Waals surface area contributed by atoms with Crippen molar-refractivity contribution < 1.29 is 14.6 Å². The lowest BCUT2D eigenvalue weighted by molar-refractivity contribution is 0.0514. The molecule has 22 heavy (non-hydrogen) atoms. The number of alkyl carbamates (subject to hydrolysis) is 1. The third kappa shape index (κ3) is 11.8. The Morgan fingerprint density at radius 2 is 1.68 bits per heavy atom. The molecule has 0 saturated heterocycles. The molecule has 0 heterocycles. The van der Waals surface area contributed by atoms with Gasteiger partial charge in [0.25, 0.3) is 0 Å². The lowest BCUT2D eigenvalue weighted by atomic mass is 9.95. The number of aliphatic hydroxyl groups is 1. The van der Waals surface area contributed by atoms with Gasteiger partial charge in [0.1, 0.15) is 5.60 Å². The Hall–Kier alpha value is -0.810. The first kappa shape index (κ1) is 21.2. The van der Waals surface area contributed by atoms with Gasteiger partial charge in [-0.05, 0) is 51.5 Å². The number of hydrogen-bond donors (Lipinski definition) is 3. The van der Waals surface area contributed by atoms with Gasteiger partial charge in [0.15, 0.2) is 0 Å². The molecule has 0 spiro atoms. The van der Waals surface area contributed by atoms with Gasteiger partial charge in [0.05, 0.1) is 6.10 Å². The number of hydrogen-bond acceptors (Lipinski definition) is 4. The van der Waals surface area contributed by atoms with Crippen molar-refractivity contribution in [2.24, 2.45) is 17.8 Å². The van der Waals surface area contributed by atoms with Crippen LogP contribution in [0, 0.1) is 17.8 Å². The average molecular weight is 316 g/mol. The minimum Gasteiger partial charge on any atom is -0.444 e. The average Bonchev–Trinajstić information content (AvgIpc) is 2.29. The standard InChI is InChI=1S/C17H36N2O3/c1-12(2)8-15(20)11-18-9-14(13(3)4)10-19-16(21)22-17(5,6)7/h12-15,18,20H,8-11H2,1-7H3,(H,19,21). The monoisotopic (exact) mass is 316 g/mol. The van der Waals surface area contributed by atoms with E-state index in [1.54, 1.807) is 0 Å². The summed E-state index contributed by atoms with van der Waals surface area (Å²) in [5, 5.41) is 16.0. The molecular formula is C17H36N2O3. The van der Waals surface area contributed by atoms with Crippen molar-refractivity contribution >= 4 is 6.09 Å². The minimum absolute atomic E-state index is 0.304. The Labute approximate surface area is 136 Å². The van der Waals surface area contributed by atoms with Gasteiger partial charge < -0.3 is 20.5 Å². The van der Waals surface area contributed by atoms with Gasteiger partial charge in [0, 0.05) is 13.1 Å². The van der Waals surface area contributed by atoms with Gasteiger partial charge in [-0.15, -0.1) is 0 Å². The number of carbonyl (C=O) groups is 1. The van der Waals surface area contributed by atoms with E-state index < -0.39 is 5.60 Å². The molecule has 2 atom stereocenters. The number of aliphatic hydroxyl groups excluding tert-OH is 1. The zero-order chi connectivity index (χ0) is 17.3. The van der Waals surface area contributed by atoms with Crippen LogP contribution in [0.3, 0.4) is 0 Å². The highest BCUT2D eigenvalue weighted by atomic mass is 16.6. The third-order valence-corrected chi connectivity index (χ3v) is 3.38. The summed E-state index contributed by atoms with van der Waals surface area (Å²) in [5.41, 5.74) is -0.476. The maximum absolute atomic E-state index is 11.7. The van der Waals surface area contributed by atoms with Crippen molar-refractivity contribution in [1.82, 2.24) is 10.6 Å². The van der Waals surface area contributed by atoms with Crippen LogP contribution in [0.4, 0.5) is 4.79 Å². The van der Waals surface area contributed by atoms with Crippen LogP contribution in [-0.2, 0) is 4.74 Å². The molecule has 0 aliphatic heterocycles. The number of ether oxygens (including phenoxy) is 1. The minimum atomic E-state index is -0.476. The Balaban J connectivity index is 4.09. The first-order chi connectivity index (χ1) is 10.0. The lowest BCUT2D eigenvalue weighted by Crippen LogP contribution is -2.41. The summed E-state index contributed by atoms with van der Waals surface area (Å²) in [7, 11) is 0. The van der Waals surface area contributed by atoms with E-state index in [0.29, 0.717) is 30.8 Å². The second-order valence-electron chi connectivity index (χ2n) is 7.83. The number of nitrogens with one attached hydrogen (secondary N) is 2. The maximum atomic E-state index is 11.7. The fourth-order valence-electron chi connectivity index (χ4n) is 2.14. The second-order valence-corrected chi connectivity index (χ2v) is 7.83. The van der Waals surface area contributed by atoms with Crippen LogP contribution in [0.25, 0.3) is 0 Å². The maximum Gasteiger partial charge on any atom is 0.407 e. The Morgan fingerprint density at radius 3 is 2.14 bits per heavy atom. The van der Waals surface area contributed by atoms with Crippen LogP contribution in [-0.4, -0.2) is 42.5 Å². The highest BCUT2D eigenvalue weighted by Crippen LogP contribution is 2.11. The van der Waals surface area contributed by atoms with E-state index in [9.17, 15) is 9.90 Å². The van der Waals surface area contributed by atoms with Gasteiger partial charge in [-0.25, -0.2) is 4.79 Å². The fourth-order valence-corrected chi connectivity index (χ4v) is 2.14. The largest absolute Gasteiger partial charge is 0.444 e. The number of carbonyl (C=O) groups excluding carboxylic acids is 1. The first-order valence-electron chi connectivity index (χ1n) is 8.37. The Kier molecular flexibility index (Phi) is 9.69. The van der Waals surface area contributed by atoms with Crippen molar-refractivity contribution in [3.05, 3.63) is 0 Å². The van der Waals surface area contributed by atoms with Crippen molar-refractivity contribution in [2.45, 2.75) is 66.6 Å². The molecule has 0 aromatic heterocycles. The summed E-state index contributed by atoms with van der Waals surface area (Å²) < 4.78 is 5.24. The zero-order valence-electron chi connectivity index (χ0n) is 15.4. The molecule has 0 rings (SSSR count).